The van der Waals surface area contributed by atoms with Gasteiger partial charge in [0, 0.05) is 44.1 Å². The molecule has 15 heteroatoms. The molecule has 2 amide bonds. The molecule has 2 aromatic rings. The molecular weight excluding hydrogens is 571 g/mol. The smallest absolute Gasteiger partial charge is 0.442 e. The summed E-state index contributed by atoms with van der Waals surface area (Å²) in [5.41, 5.74) is -2.56. The number of piperidine rings is 1. The molecule has 1 saturated heterocycles. The van der Waals surface area contributed by atoms with E-state index < -0.39 is 62.9 Å². The maximum atomic E-state index is 13.7. The highest BCUT2D eigenvalue weighted by Gasteiger charge is 2.38. The number of pyridine rings is 1. The van der Waals surface area contributed by atoms with Gasteiger partial charge < -0.3 is 15.0 Å². The van der Waals surface area contributed by atoms with Crippen LogP contribution < -0.4 is 10.2 Å². The third-order valence-corrected chi connectivity index (χ3v) is 7.30. The van der Waals surface area contributed by atoms with Crippen LogP contribution in [0.4, 0.5) is 38.1 Å². The fourth-order valence-corrected chi connectivity index (χ4v) is 4.95. The molecule has 39 heavy (non-hydrogen) atoms. The number of aromatic nitrogens is 1. The van der Waals surface area contributed by atoms with Gasteiger partial charge in [0.1, 0.15) is 20.4 Å². The summed E-state index contributed by atoms with van der Waals surface area (Å²) in [5.74, 6) is -3.87. The SMILES string of the molecule is CC(C)(C)OC(=O)N=[S@](C)(=O)c1cc(NC(=O)c2cc(Cl)c(C(F)(F)F)cc2N2CCC(F)(F)CC2)ccn1. The summed E-state index contributed by atoms with van der Waals surface area (Å²) in [6, 6.07) is 3.99. The van der Waals surface area contributed by atoms with Gasteiger partial charge in [0.15, 0.2) is 0 Å². The molecule has 1 aliphatic rings. The normalized spacial score (nSPS) is 17.2. The van der Waals surface area contributed by atoms with Gasteiger partial charge in [0.05, 0.1) is 21.8 Å². The number of carbonyl (C=O) groups excluding carboxylic acids is 2. The number of anilines is 2. The van der Waals surface area contributed by atoms with Crippen LogP contribution in [0.3, 0.4) is 0 Å². The van der Waals surface area contributed by atoms with Crippen molar-refractivity contribution in [2.45, 2.75) is 56.3 Å². The number of carbonyl (C=O) groups is 2. The highest BCUT2D eigenvalue weighted by Crippen LogP contribution is 2.40. The van der Waals surface area contributed by atoms with Crippen LogP contribution in [0.5, 0.6) is 0 Å². The van der Waals surface area contributed by atoms with Crippen molar-refractivity contribution in [1.29, 1.82) is 0 Å². The van der Waals surface area contributed by atoms with Crippen LogP contribution in [-0.4, -0.2) is 52.1 Å². The topological polar surface area (TPSA) is 101 Å². The second kappa shape index (κ2) is 10.9. The van der Waals surface area contributed by atoms with Crippen molar-refractivity contribution in [3.8, 4) is 0 Å². The number of nitrogens with one attached hydrogen (secondary N) is 1. The van der Waals surface area contributed by atoms with Gasteiger partial charge in [-0.25, -0.2) is 22.8 Å². The Balaban J connectivity index is 1.96. The molecule has 0 aliphatic carbocycles. The monoisotopic (exact) mass is 596 g/mol. The average molecular weight is 597 g/mol. The lowest BCUT2D eigenvalue weighted by molar-refractivity contribution is -0.137. The largest absolute Gasteiger partial charge is 0.442 e. The van der Waals surface area contributed by atoms with E-state index in [1.165, 1.54) is 23.2 Å². The molecule has 0 saturated carbocycles. The maximum Gasteiger partial charge on any atom is 0.442 e. The Morgan fingerprint density at radius 3 is 2.33 bits per heavy atom. The fourth-order valence-electron chi connectivity index (χ4n) is 3.66. The molecule has 0 radical (unpaired) electrons. The number of benzene rings is 1. The zero-order valence-electron chi connectivity index (χ0n) is 21.4. The maximum absolute atomic E-state index is 13.7. The molecule has 1 aliphatic heterocycles. The first-order valence-corrected chi connectivity index (χ1v) is 13.8. The summed E-state index contributed by atoms with van der Waals surface area (Å²) in [4.78, 5) is 30.5. The van der Waals surface area contributed by atoms with Gasteiger partial charge >= 0.3 is 12.3 Å². The van der Waals surface area contributed by atoms with Crippen molar-refractivity contribution < 1.29 is 40.5 Å². The molecule has 1 aromatic carbocycles. The lowest BCUT2D eigenvalue weighted by Crippen LogP contribution is -2.40. The van der Waals surface area contributed by atoms with Crippen molar-refractivity contribution in [2.75, 3.05) is 29.6 Å². The summed E-state index contributed by atoms with van der Waals surface area (Å²) < 4.78 is 89.7. The second-order valence-electron chi connectivity index (χ2n) is 9.90. The van der Waals surface area contributed by atoms with Gasteiger partial charge in [0.25, 0.3) is 11.8 Å². The summed E-state index contributed by atoms with van der Waals surface area (Å²) in [5, 5.41) is 1.55. The fraction of sp³-hybridized carbons (Fsp3) is 0.458. The van der Waals surface area contributed by atoms with Crippen LogP contribution in [0.15, 0.2) is 39.9 Å². The summed E-state index contributed by atoms with van der Waals surface area (Å²) in [6.45, 7) is 4.24. The lowest BCUT2D eigenvalue weighted by atomic mass is 10.0. The Labute approximate surface area is 227 Å². The minimum absolute atomic E-state index is 0.0334. The number of nitrogens with zero attached hydrogens (tertiary/aromatic N) is 3. The van der Waals surface area contributed by atoms with E-state index in [0.29, 0.717) is 6.07 Å². The first kappa shape index (κ1) is 30.5. The molecule has 1 atom stereocenters. The number of hydrogen-bond acceptors (Lipinski definition) is 6. The van der Waals surface area contributed by atoms with Crippen LogP contribution in [0.1, 0.15) is 49.5 Å². The number of alkyl halides is 5. The molecule has 214 valence electrons. The van der Waals surface area contributed by atoms with Crippen LogP contribution >= 0.6 is 11.6 Å². The third-order valence-electron chi connectivity index (χ3n) is 5.49. The average Bonchev–Trinajstić information content (AvgIpc) is 2.77. The summed E-state index contributed by atoms with van der Waals surface area (Å²) >= 11 is 5.85. The van der Waals surface area contributed by atoms with Gasteiger partial charge in [-0.15, -0.1) is 4.36 Å². The van der Waals surface area contributed by atoms with E-state index in [1.807, 2.05) is 0 Å². The highest BCUT2D eigenvalue weighted by molar-refractivity contribution is 7.93. The van der Waals surface area contributed by atoms with Crippen molar-refractivity contribution in [1.82, 2.24) is 4.98 Å². The Hall–Kier alpha value is -3.00. The molecule has 1 N–H and O–H groups in total. The number of rotatable bonds is 4. The minimum atomic E-state index is -4.85. The molecular formula is C24H26ClF5N4O4S. The van der Waals surface area contributed by atoms with Gasteiger partial charge in [-0.05, 0) is 45.0 Å². The van der Waals surface area contributed by atoms with Crippen LogP contribution in [0.2, 0.25) is 5.02 Å². The number of amides is 2. The quantitative estimate of drug-likeness (QED) is 0.398. The zero-order valence-corrected chi connectivity index (χ0v) is 22.9. The first-order chi connectivity index (χ1) is 17.8. The molecule has 0 bridgehead atoms. The molecule has 0 unspecified atom stereocenters. The highest BCUT2D eigenvalue weighted by atomic mass is 35.5. The second-order valence-corrected chi connectivity index (χ2v) is 12.5. The zero-order chi connectivity index (χ0) is 29.4. The van der Waals surface area contributed by atoms with E-state index in [2.05, 4.69) is 14.7 Å². The molecule has 1 fully saturated rings. The minimum Gasteiger partial charge on any atom is -0.442 e. The molecule has 1 aromatic heterocycles. The van der Waals surface area contributed by atoms with Crippen LogP contribution in [-0.2, 0) is 20.6 Å². The number of halogens is 6. The Morgan fingerprint density at radius 2 is 1.77 bits per heavy atom. The molecule has 8 nitrogen and oxygen atoms in total. The molecule has 0 spiro atoms. The van der Waals surface area contributed by atoms with Crippen molar-refractivity contribution in [3.63, 3.8) is 0 Å². The van der Waals surface area contributed by atoms with E-state index in [0.717, 1.165) is 12.3 Å². The number of ether oxygens (including phenoxy) is 1. The van der Waals surface area contributed by atoms with E-state index in [9.17, 15) is 35.8 Å². The van der Waals surface area contributed by atoms with Crippen molar-refractivity contribution >= 4 is 44.7 Å². The van der Waals surface area contributed by atoms with E-state index >= 15 is 0 Å². The lowest BCUT2D eigenvalue weighted by Gasteiger charge is -2.34. The van der Waals surface area contributed by atoms with Crippen LogP contribution in [0.25, 0.3) is 0 Å². The van der Waals surface area contributed by atoms with Gasteiger partial charge in [-0.2, -0.15) is 13.2 Å². The first-order valence-electron chi connectivity index (χ1n) is 11.5. The summed E-state index contributed by atoms with van der Waals surface area (Å²) in [7, 11) is -3.41. The van der Waals surface area contributed by atoms with Crippen LogP contribution in [0, 0.1) is 0 Å². The van der Waals surface area contributed by atoms with Gasteiger partial charge in [0.2, 0.25) is 0 Å². The van der Waals surface area contributed by atoms with Gasteiger partial charge in [-0.1, -0.05) is 11.6 Å². The van der Waals surface area contributed by atoms with E-state index in [4.69, 9.17) is 16.3 Å². The third kappa shape index (κ3) is 8.01. The van der Waals surface area contributed by atoms with Crippen molar-refractivity contribution in [3.05, 3.63) is 46.6 Å². The molecule has 2 heterocycles. The predicted molar refractivity (Wildman–Crippen MR) is 136 cm³/mol. The van der Waals surface area contributed by atoms with Gasteiger partial charge in [-0.3, -0.25) is 4.79 Å². The Kier molecular flexibility index (Phi) is 8.51. The molecule has 3 rings (SSSR count). The van der Waals surface area contributed by atoms with Crippen molar-refractivity contribution in [2.24, 2.45) is 4.36 Å². The standard InChI is InChI=1S/C24H26ClF5N4O4S/c1-22(2,3)38-21(36)33-39(4,37)19-11-14(5-8-31-19)32-20(35)15-12-17(25)16(24(28,29)30)13-18(15)34-9-6-23(26,27)7-10-34/h5,8,11-13H,6-7,9-10H2,1-4H3,(H,31,32,35)/t39-/m1/s1. The predicted octanol–water partition coefficient (Wildman–Crippen LogP) is 6.63. The van der Waals surface area contributed by atoms with E-state index in [1.54, 1.807) is 20.8 Å². The Morgan fingerprint density at radius 1 is 1.15 bits per heavy atom. The van der Waals surface area contributed by atoms with E-state index in [-0.39, 0.29) is 35.1 Å². The number of hydrogen-bond donors (Lipinski definition) is 1. The summed E-state index contributed by atoms with van der Waals surface area (Å²) in [6.07, 6.45) is -4.80. The Bertz CT molecular complexity index is 1390.